The van der Waals surface area contributed by atoms with E-state index in [1.54, 1.807) is 12.1 Å². The van der Waals surface area contributed by atoms with Gasteiger partial charge in [-0.2, -0.15) is 8.42 Å². The van der Waals surface area contributed by atoms with Crippen LogP contribution in [-0.4, -0.2) is 25.1 Å². The Kier molecular flexibility index (Phi) is 3.64. The SMILES string of the molecule is Cc1ccc(S(=O)(=O)OC2(C(=O)O)CCCC2)cc1. The highest BCUT2D eigenvalue weighted by molar-refractivity contribution is 7.86. The lowest BCUT2D eigenvalue weighted by molar-refractivity contribution is -0.154. The molecule has 2 rings (SSSR count). The van der Waals surface area contributed by atoms with Gasteiger partial charge in [0.05, 0.1) is 4.90 Å². The Morgan fingerprint density at radius 1 is 1.21 bits per heavy atom. The lowest BCUT2D eigenvalue weighted by Crippen LogP contribution is -2.40. The van der Waals surface area contributed by atoms with E-state index >= 15 is 0 Å². The summed E-state index contributed by atoms with van der Waals surface area (Å²) in [5.74, 6) is -1.21. The number of hydrogen-bond donors (Lipinski definition) is 1. The average Bonchev–Trinajstić information content (AvgIpc) is 2.78. The van der Waals surface area contributed by atoms with Crippen LogP contribution in [0.15, 0.2) is 29.2 Å². The first kappa shape index (κ1) is 14.0. The molecule has 5 nitrogen and oxygen atoms in total. The van der Waals surface area contributed by atoms with Gasteiger partial charge in [-0.3, -0.25) is 0 Å². The minimum absolute atomic E-state index is 0.00868. The molecule has 19 heavy (non-hydrogen) atoms. The van der Waals surface area contributed by atoms with Gasteiger partial charge in [0, 0.05) is 0 Å². The van der Waals surface area contributed by atoms with Crippen molar-refractivity contribution in [3.63, 3.8) is 0 Å². The van der Waals surface area contributed by atoms with Crippen molar-refractivity contribution < 1.29 is 22.5 Å². The van der Waals surface area contributed by atoms with Crippen LogP contribution in [0.25, 0.3) is 0 Å². The maximum atomic E-state index is 12.1. The molecule has 1 aromatic rings. The molecule has 1 aliphatic rings. The molecule has 0 radical (unpaired) electrons. The molecule has 0 heterocycles. The fourth-order valence-corrected chi connectivity index (χ4v) is 3.47. The molecule has 104 valence electrons. The smallest absolute Gasteiger partial charge is 0.337 e. The summed E-state index contributed by atoms with van der Waals surface area (Å²) in [4.78, 5) is 11.3. The van der Waals surface area contributed by atoms with E-state index in [2.05, 4.69) is 0 Å². The zero-order valence-electron chi connectivity index (χ0n) is 10.6. The summed E-state index contributed by atoms with van der Waals surface area (Å²) in [7, 11) is -4.04. The number of benzene rings is 1. The highest BCUT2D eigenvalue weighted by Crippen LogP contribution is 2.36. The summed E-state index contributed by atoms with van der Waals surface area (Å²) in [6.07, 6.45) is 1.78. The molecule has 0 aromatic heterocycles. The van der Waals surface area contributed by atoms with Gasteiger partial charge in [-0.25, -0.2) is 8.98 Å². The predicted octanol–water partition coefficient (Wildman–Crippen LogP) is 2.10. The Morgan fingerprint density at radius 3 is 2.21 bits per heavy atom. The van der Waals surface area contributed by atoms with E-state index in [-0.39, 0.29) is 17.7 Å². The van der Waals surface area contributed by atoms with E-state index in [0.29, 0.717) is 12.8 Å². The Balaban J connectivity index is 2.30. The molecule has 6 heteroatoms. The van der Waals surface area contributed by atoms with Gasteiger partial charge in [-0.1, -0.05) is 17.7 Å². The first-order chi connectivity index (χ1) is 8.86. The fraction of sp³-hybridized carbons (Fsp3) is 0.462. The highest BCUT2D eigenvalue weighted by atomic mass is 32.2. The zero-order valence-corrected chi connectivity index (χ0v) is 11.4. The molecule has 1 aliphatic carbocycles. The number of carbonyl (C=O) groups is 1. The van der Waals surface area contributed by atoms with Gasteiger partial charge in [0.2, 0.25) is 0 Å². The Morgan fingerprint density at radius 2 is 1.74 bits per heavy atom. The molecule has 0 unspecified atom stereocenters. The monoisotopic (exact) mass is 284 g/mol. The summed E-state index contributed by atoms with van der Waals surface area (Å²) in [6.45, 7) is 1.84. The van der Waals surface area contributed by atoms with Crippen LogP contribution in [0.3, 0.4) is 0 Å². The molecule has 0 atom stereocenters. The average molecular weight is 284 g/mol. The van der Waals surface area contributed by atoms with Crippen molar-refractivity contribution >= 4 is 16.1 Å². The van der Waals surface area contributed by atoms with Crippen LogP contribution in [0.2, 0.25) is 0 Å². The minimum Gasteiger partial charge on any atom is -0.479 e. The molecule has 0 saturated heterocycles. The second kappa shape index (κ2) is 4.94. The van der Waals surface area contributed by atoms with Gasteiger partial charge >= 0.3 is 5.97 Å². The summed E-state index contributed by atoms with van der Waals surface area (Å²) in [6, 6.07) is 6.15. The van der Waals surface area contributed by atoms with E-state index in [0.717, 1.165) is 5.56 Å². The normalized spacial score (nSPS) is 18.4. The number of hydrogen-bond acceptors (Lipinski definition) is 4. The van der Waals surface area contributed by atoms with Crippen molar-refractivity contribution in [3.8, 4) is 0 Å². The number of carboxylic acid groups (broad SMARTS) is 1. The largest absolute Gasteiger partial charge is 0.479 e. The van der Waals surface area contributed by atoms with Gasteiger partial charge in [0.1, 0.15) is 0 Å². The van der Waals surface area contributed by atoms with E-state index < -0.39 is 21.7 Å². The highest BCUT2D eigenvalue weighted by Gasteiger charge is 2.46. The van der Waals surface area contributed by atoms with Crippen LogP contribution in [0.4, 0.5) is 0 Å². The van der Waals surface area contributed by atoms with Gasteiger partial charge in [0.25, 0.3) is 10.1 Å². The standard InChI is InChI=1S/C13H16O5S/c1-10-4-6-11(7-5-10)19(16,17)18-13(12(14)15)8-2-3-9-13/h4-7H,2-3,8-9H2,1H3,(H,14,15). The first-order valence-electron chi connectivity index (χ1n) is 6.11. The van der Waals surface area contributed by atoms with Crippen molar-refractivity contribution in [2.24, 2.45) is 0 Å². The predicted molar refractivity (Wildman–Crippen MR) is 68.3 cm³/mol. The van der Waals surface area contributed by atoms with E-state index in [1.807, 2.05) is 6.92 Å². The van der Waals surface area contributed by atoms with E-state index in [4.69, 9.17) is 4.18 Å². The second-order valence-electron chi connectivity index (χ2n) is 4.86. The van der Waals surface area contributed by atoms with Crippen molar-refractivity contribution in [1.29, 1.82) is 0 Å². The summed E-state index contributed by atoms with van der Waals surface area (Å²) >= 11 is 0. The summed E-state index contributed by atoms with van der Waals surface area (Å²) in [5.41, 5.74) is -0.670. The fourth-order valence-electron chi connectivity index (χ4n) is 2.24. The molecule has 1 fully saturated rings. The number of aryl methyl sites for hydroxylation is 1. The minimum atomic E-state index is -4.04. The number of rotatable bonds is 4. The zero-order chi connectivity index (χ0) is 14.1. The third kappa shape index (κ3) is 2.79. The molecule has 0 amide bonds. The van der Waals surface area contributed by atoms with Crippen LogP contribution in [0.1, 0.15) is 31.2 Å². The van der Waals surface area contributed by atoms with Gasteiger partial charge in [-0.05, 0) is 44.7 Å². The lowest BCUT2D eigenvalue weighted by Gasteiger charge is -2.23. The van der Waals surface area contributed by atoms with Crippen molar-refractivity contribution in [1.82, 2.24) is 0 Å². The molecular formula is C13H16O5S. The van der Waals surface area contributed by atoms with Crippen LogP contribution in [0.5, 0.6) is 0 Å². The van der Waals surface area contributed by atoms with Crippen molar-refractivity contribution in [2.75, 3.05) is 0 Å². The van der Waals surface area contributed by atoms with E-state index in [9.17, 15) is 18.3 Å². The summed E-state index contributed by atoms with van der Waals surface area (Å²) < 4.78 is 29.3. The summed E-state index contributed by atoms with van der Waals surface area (Å²) in [5, 5.41) is 9.23. The van der Waals surface area contributed by atoms with Crippen LogP contribution in [-0.2, 0) is 19.1 Å². The number of carboxylic acids is 1. The second-order valence-corrected chi connectivity index (χ2v) is 6.40. The lowest BCUT2D eigenvalue weighted by atomic mass is 10.0. The first-order valence-corrected chi connectivity index (χ1v) is 7.52. The third-order valence-corrected chi connectivity index (χ3v) is 4.77. The maximum Gasteiger partial charge on any atom is 0.337 e. The van der Waals surface area contributed by atoms with Crippen molar-refractivity contribution in [2.45, 2.75) is 43.1 Å². The molecule has 0 aliphatic heterocycles. The van der Waals surface area contributed by atoms with E-state index in [1.165, 1.54) is 12.1 Å². The molecule has 0 bridgehead atoms. The van der Waals surface area contributed by atoms with Crippen LogP contribution < -0.4 is 0 Å². The molecule has 1 aromatic carbocycles. The van der Waals surface area contributed by atoms with Crippen LogP contribution >= 0.6 is 0 Å². The number of aliphatic carboxylic acids is 1. The van der Waals surface area contributed by atoms with Crippen LogP contribution in [0, 0.1) is 6.92 Å². The Labute approximate surface area is 112 Å². The topological polar surface area (TPSA) is 80.7 Å². The Hall–Kier alpha value is -1.40. The quantitative estimate of drug-likeness (QED) is 0.856. The third-order valence-electron chi connectivity index (χ3n) is 3.38. The molecular weight excluding hydrogens is 268 g/mol. The van der Waals surface area contributed by atoms with Gasteiger partial charge in [0.15, 0.2) is 5.60 Å². The maximum absolute atomic E-state index is 12.1. The van der Waals surface area contributed by atoms with Gasteiger partial charge in [-0.15, -0.1) is 0 Å². The molecule has 0 spiro atoms. The van der Waals surface area contributed by atoms with Crippen molar-refractivity contribution in [3.05, 3.63) is 29.8 Å². The van der Waals surface area contributed by atoms with Gasteiger partial charge < -0.3 is 5.11 Å². The Bertz CT molecular complexity index is 568. The molecule has 1 saturated carbocycles. The molecule has 1 N–H and O–H groups in total.